The lowest BCUT2D eigenvalue weighted by molar-refractivity contribution is -0.132. The van der Waals surface area contributed by atoms with Crippen molar-refractivity contribution in [2.24, 2.45) is 11.7 Å². The number of carbonyl (C=O) groups is 1. The van der Waals surface area contributed by atoms with Crippen molar-refractivity contribution in [3.05, 3.63) is 27.1 Å². The summed E-state index contributed by atoms with van der Waals surface area (Å²) in [5.74, 6) is 0.477. The molecule has 0 aliphatic carbocycles. The van der Waals surface area contributed by atoms with E-state index in [1.165, 1.54) is 11.3 Å². The number of fused-ring (bicyclic) bond motifs is 1. The Morgan fingerprint density at radius 2 is 2.21 bits per heavy atom. The van der Waals surface area contributed by atoms with Crippen molar-refractivity contribution in [1.82, 2.24) is 14.5 Å². The molecular weight excluding hydrogens is 324 g/mol. The Balaban J connectivity index is 1.74. The molecule has 2 unspecified atom stereocenters. The average molecular weight is 348 g/mol. The predicted octanol–water partition coefficient (Wildman–Crippen LogP) is 1.66. The van der Waals surface area contributed by atoms with Gasteiger partial charge in [0.1, 0.15) is 4.83 Å². The van der Waals surface area contributed by atoms with Gasteiger partial charge in [-0.3, -0.25) is 14.2 Å². The molecule has 1 aliphatic heterocycles. The largest absolute Gasteiger partial charge is 0.340 e. The third-order valence-electron chi connectivity index (χ3n) is 5.04. The lowest BCUT2D eigenvalue weighted by Crippen LogP contribution is -2.35. The molecule has 2 aromatic heterocycles. The van der Waals surface area contributed by atoms with Gasteiger partial charge >= 0.3 is 0 Å². The molecule has 1 saturated heterocycles. The van der Waals surface area contributed by atoms with E-state index < -0.39 is 0 Å². The van der Waals surface area contributed by atoms with Crippen LogP contribution in [-0.2, 0) is 11.3 Å². The van der Waals surface area contributed by atoms with E-state index in [4.69, 9.17) is 5.73 Å². The van der Waals surface area contributed by atoms with Crippen molar-refractivity contribution in [3.8, 4) is 0 Å². The van der Waals surface area contributed by atoms with E-state index in [0.717, 1.165) is 28.2 Å². The molecule has 0 radical (unpaired) electrons. The van der Waals surface area contributed by atoms with Gasteiger partial charge in [-0.1, -0.05) is 0 Å². The second kappa shape index (κ2) is 6.64. The number of rotatable bonds is 4. The monoisotopic (exact) mass is 348 g/mol. The zero-order chi connectivity index (χ0) is 17.4. The molecule has 6 nitrogen and oxygen atoms in total. The first-order chi connectivity index (χ1) is 11.4. The van der Waals surface area contributed by atoms with Gasteiger partial charge in [0.05, 0.1) is 11.7 Å². The number of nitrogens with two attached hydrogens (primary N) is 1. The normalized spacial score (nSPS) is 20.9. The van der Waals surface area contributed by atoms with E-state index in [-0.39, 0.29) is 17.5 Å². The summed E-state index contributed by atoms with van der Waals surface area (Å²) in [6.45, 7) is 7.72. The molecule has 0 spiro atoms. The lowest BCUT2D eigenvalue weighted by Gasteiger charge is -2.21. The molecular formula is C17H24N4O2S. The Bertz CT molecular complexity index is 826. The Morgan fingerprint density at radius 1 is 1.46 bits per heavy atom. The predicted molar refractivity (Wildman–Crippen MR) is 96.3 cm³/mol. The average Bonchev–Trinajstić information content (AvgIpc) is 3.07. The van der Waals surface area contributed by atoms with Gasteiger partial charge in [-0.05, 0) is 45.2 Å². The minimum atomic E-state index is -0.0519. The minimum Gasteiger partial charge on any atom is -0.340 e. The summed E-state index contributed by atoms with van der Waals surface area (Å²) in [4.78, 5) is 33.3. The Morgan fingerprint density at radius 3 is 2.88 bits per heavy atom. The first kappa shape index (κ1) is 17.1. The summed E-state index contributed by atoms with van der Waals surface area (Å²) in [6.07, 6.45) is 2.84. The van der Waals surface area contributed by atoms with E-state index >= 15 is 0 Å². The maximum Gasteiger partial charge on any atom is 0.262 e. The van der Waals surface area contributed by atoms with Crippen LogP contribution in [0, 0.1) is 19.8 Å². The standard InChI is InChI=1S/C17H24N4O2S/c1-10-6-13(7-18)8-21(10)14(22)4-5-20-9-19-16-15(17(20)23)11(2)12(3)24-16/h9-10,13H,4-8,18H2,1-3H3. The zero-order valence-electron chi connectivity index (χ0n) is 14.4. The first-order valence-electron chi connectivity index (χ1n) is 8.37. The highest BCUT2D eigenvalue weighted by molar-refractivity contribution is 7.18. The molecule has 3 heterocycles. The fraction of sp³-hybridized carbons (Fsp3) is 0.588. The molecule has 2 atom stereocenters. The van der Waals surface area contributed by atoms with Crippen LogP contribution in [-0.4, -0.2) is 39.5 Å². The van der Waals surface area contributed by atoms with Crippen LogP contribution in [0.2, 0.25) is 0 Å². The molecule has 130 valence electrons. The first-order valence-corrected chi connectivity index (χ1v) is 9.18. The highest BCUT2D eigenvalue weighted by atomic mass is 32.1. The van der Waals surface area contributed by atoms with E-state index in [1.54, 1.807) is 10.9 Å². The van der Waals surface area contributed by atoms with Crippen LogP contribution >= 0.6 is 11.3 Å². The van der Waals surface area contributed by atoms with E-state index in [2.05, 4.69) is 11.9 Å². The van der Waals surface area contributed by atoms with Crippen molar-refractivity contribution in [2.45, 2.75) is 46.2 Å². The summed E-state index contributed by atoms with van der Waals surface area (Å²) in [6, 6.07) is 0.227. The zero-order valence-corrected chi connectivity index (χ0v) is 15.2. The van der Waals surface area contributed by atoms with Crippen LogP contribution in [0.25, 0.3) is 10.2 Å². The van der Waals surface area contributed by atoms with Gasteiger partial charge in [0.2, 0.25) is 5.91 Å². The summed E-state index contributed by atoms with van der Waals surface area (Å²) < 4.78 is 1.56. The van der Waals surface area contributed by atoms with Crippen molar-refractivity contribution >= 4 is 27.5 Å². The second-order valence-electron chi connectivity index (χ2n) is 6.69. The molecule has 2 aromatic rings. The number of hydrogen-bond acceptors (Lipinski definition) is 5. The fourth-order valence-electron chi connectivity index (χ4n) is 3.45. The van der Waals surface area contributed by atoms with Crippen molar-refractivity contribution in [2.75, 3.05) is 13.1 Å². The Hall–Kier alpha value is -1.73. The quantitative estimate of drug-likeness (QED) is 0.911. The van der Waals surface area contributed by atoms with Gasteiger partial charge in [-0.15, -0.1) is 11.3 Å². The highest BCUT2D eigenvalue weighted by Gasteiger charge is 2.31. The third-order valence-corrected chi connectivity index (χ3v) is 6.15. The molecule has 7 heteroatoms. The summed E-state index contributed by atoms with van der Waals surface area (Å²) in [5, 5.41) is 0.685. The molecule has 1 amide bonds. The SMILES string of the molecule is Cc1sc2ncn(CCC(=O)N3CC(CN)CC3C)c(=O)c2c1C. The molecule has 0 aromatic carbocycles. The van der Waals surface area contributed by atoms with Crippen LogP contribution in [0.4, 0.5) is 0 Å². The number of amides is 1. The maximum absolute atomic E-state index is 12.6. The summed E-state index contributed by atoms with van der Waals surface area (Å²) in [7, 11) is 0. The van der Waals surface area contributed by atoms with Crippen LogP contribution in [0.15, 0.2) is 11.1 Å². The number of likely N-dealkylation sites (tertiary alicyclic amines) is 1. The number of carbonyl (C=O) groups excluding carboxylic acids is 1. The number of nitrogens with zero attached hydrogens (tertiary/aromatic N) is 3. The number of thiophene rings is 1. The fourth-order valence-corrected chi connectivity index (χ4v) is 4.44. The smallest absolute Gasteiger partial charge is 0.262 e. The Kier molecular flexibility index (Phi) is 4.73. The second-order valence-corrected chi connectivity index (χ2v) is 7.89. The van der Waals surface area contributed by atoms with Crippen molar-refractivity contribution in [3.63, 3.8) is 0 Å². The van der Waals surface area contributed by atoms with Crippen LogP contribution < -0.4 is 11.3 Å². The Labute approximate surface area is 145 Å². The van der Waals surface area contributed by atoms with Gasteiger partial charge in [0.25, 0.3) is 5.56 Å². The maximum atomic E-state index is 12.6. The molecule has 1 fully saturated rings. The molecule has 1 aliphatic rings. The molecule has 0 saturated carbocycles. The highest BCUT2D eigenvalue weighted by Crippen LogP contribution is 2.26. The topological polar surface area (TPSA) is 81.2 Å². The van der Waals surface area contributed by atoms with Gasteiger partial charge in [-0.2, -0.15) is 0 Å². The molecule has 24 heavy (non-hydrogen) atoms. The lowest BCUT2D eigenvalue weighted by atomic mass is 10.1. The van der Waals surface area contributed by atoms with Crippen LogP contribution in [0.3, 0.4) is 0 Å². The van der Waals surface area contributed by atoms with Crippen LogP contribution in [0.1, 0.15) is 30.2 Å². The number of aryl methyl sites for hydroxylation is 3. The summed E-state index contributed by atoms with van der Waals surface area (Å²) >= 11 is 1.54. The van der Waals surface area contributed by atoms with Crippen molar-refractivity contribution < 1.29 is 4.79 Å². The van der Waals surface area contributed by atoms with Crippen molar-refractivity contribution in [1.29, 1.82) is 0 Å². The van der Waals surface area contributed by atoms with Gasteiger partial charge in [0, 0.05) is 30.4 Å². The molecule has 2 N–H and O–H groups in total. The number of aromatic nitrogens is 2. The summed E-state index contributed by atoms with van der Waals surface area (Å²) in [5.41, 5.74) is 6.66. The molecule has 0 bridgehead atoms. The minimum absolute atomic E-state index is 0.0519. The number of hydrogen-bond donors (Lipinski definition) is 1. The van der Waals surface area contributed by atoms with E-state index in [9.17, 15) is 9.59 Å². The van der Waals surface area contributed by atoms with E-state index in [0.29, 0.717) is 30.8 Å². The third kappa shape index (κ3) is 2.98. The van der Waals surface area contributed by atoms with Gasteiger partial charge in [0.15, 0.2) is 0 Å². The van der Waals surface area contributed by atoms with Crippen LogP contribution in [0.5, 0.6) is 0 Å². The molecule has 3 rings (SSSR count). The van der Waals surface area contributed by atoms with E-state index in [1.807, 2.05) is 18.7 Å². The van der Waals surface area contributed by atoms with Gasteiger partial charge < -0.3 is 10.6 Å². The van der Waals surface area contributed by atoms with Gasteiger partial charge in [-0.25, -0.2) is 4.98 Å².